The molecule has 2 fully saturated rings. The predicted octanol–water partition coefficient (Wildman–Crippen LogP) is 3.85. The normalized spacial score (nSPS) is 19.2. The smallest absolute Gasteiger partial charge is 0.253 e. The molecule has 7 heteroatoms. The highest BCUT2D eigenvalue weighted by molar-refractivity contribution is 5.94. The molecule has 1 aliphatic heterocycles. The summed E-state index contributed by atoms with van der Waals surface area (Å²) in [5.74, 6) is 0.203. The number of carbonyl (C=O) groups excluding carboxylic acids is 2. The van der Waals surface area contributed by atoms with Crippen molar-refractivity contribution in [2.75, 3.05) is 13.1 Å². The number of hydrogen-bond donors (Lipinski definition) is 1. The SMILES string of the molecule is Cc1nc(C2CCN(C(=O)c3cccc(F)c3)C2)nc(C)c1CC(=O)NC1CCCCC1. The van der Waals surface area contributed by atoms with E-state index < -0.39 is 5.82 Å². The molecule has 6 nitrogen and oxygen atoms in total. The van der Waals surface area contributed by atoms with Crippen molar-refractivity contribution in [1.29, 1.82) is 0 Å². The molecule has 0 bridgehead atoms. The fraction of sp³-hybridized carbons (Fsp3) is 0.520. The molecule has 0 radical (unpaired) electrons. The Bertz CT molecular complexity index is 980. The second kappa shape index (κ2) is 9.76. The van der Waals surface area contributed by atoms with E-state index in [2.05, 4.69) is 5.32 Å². The van der Waals surface area contributed by atoms with Gasteiger partial charge in [-0.05, 0) is 51.3 Å². The van der Waals surface area contributed by atoms with Gasteiger partial charge in [-0.3, -0.25) is 9.59 Å². The van der Waals surface area contributed by atoms with Gasteiger partial charge in [0.1, 0.15) is 11.6 Å². The minimum atomic E-state index is -0.413. The molecule has 2 aromatic rings. The average molecular weight is 439 g/mol. The van der Waals surface area contributed by atoms with Crippen molar-refractivity contribution in [3.05, 3.63) is 58.4 Å². The first-order chi connectivity index (χ1) is 15.4. The van der Waals surface area contributed by atoms with E-state index in [1.165, 1.54) is 31.4 Å². The largest absolute Gasteiger partial charge is 0.353 e. The maximum absolute atomic E-state index is 13.5. The van der Waals surface area contributed by atoms with Crippen LogP contribution in [-0.4, -0.2) is 45.8 Å². The molecule has 1 N–H and O–H groups in total. The van der Waals surface area contributed by atoms with Gasteiger partial charge in [-0.25, -0.2) is 14.4 Å². The molecular formula is C25H31FN4O2. The van der Waals surface area contributed by atoms with Gasteiger partial charge in [-0.1, -0.05) is 25.3 Å². The van der Waals surface area contributed by atoms with E-state index in [9.17, 15) is 14.0 Å². The summed E-state index contributed by atoms with van der Waals surface area (Å²) in [6.45, 7) is 4.95. The molecule has 2 heterocycles. The fourth-order valence-corrected chi connectivity index (χ4v) is 4.85. The number of carbonyl (C=O) groups is 2. The summed E-state index contributed by atoms with van der Waals surface area (Å²) in [5, 5.41) is 3.16. The Morgan fingerprint density at radius 2 is 1.81 bits per heavy atom. The van der Waals surface area contributed by atoms with E-state index in [4.69, 9.17) is 9.97 Å². The third kappa shape index (κ3) is 5.14. The second-order valence-electron chi connectivity index (χ2n) is 9.06. The van der Waals surface area contributed by atoms with Gasteiger partial charge < -0.3 is 10.2 Å². The molecule has 1 aromatic carbocycles. The molecule has 2 aliphatic rings. The highest BCUT2D eigenvalue weighted by atomic mass is 19.1. The highest BCUT2D eigenvalue weighted by Gasteiger charge is 2.30. The molecule has 1 saturated heterocycles. The van der Waals surface area contributed by atoms with Crippen LogP contribution in [0, 0.1) is 19.7 Å². The standard InChI is InChI=1S/C25H31FN4O2/c1-16-22(14-23(31)29-21-9-4-3-5-10-21)17(2)28-24(27-16)19-11-12-30(15-19)25(32)18-7-6-8-20(26)13-18/h6-8,13,19,21H,3-5,9-12,14-15H2,1-2H3,(H,29,31). The van der Waals surface area contributed by atoms with Crippen molar-refractivity contribution in [2.24, 2.45) is 0 Å². The van der Waals surface area contributed by atoms with Crippen LogP contribution in [0.4, 0.5) is 4.39 Å². The molecule has 0 spiro atoms. The van der Waals surface area contributed by atoms with Crippen LogP contribution in [0.5, 0.6) is 0 Å². The van der Waals surface area contributed by atoms with Crippen LogP contribution in [0.15, 0.2) is 24.3 Å². The summed E-state index contributed by atoms with van der Waals surface area (Å²) < 4.78 is 13.5. The van der Waals surface area contributed by atoms with E-state index in [-0.39, 0.29) is 23.8 Å². The zero-order chi connectivity index (χ0) is 22.7. The average Bonchev–Trinajstić information content (AvgIpc) is 3.26. The van der Waals surface area contributed by atoms with E-state index in [0.29, 0.717) is 30.9 Å². The monoisotopic (exact) mass is 438 g/mol. The molecule has 1 aliphatic carbocycles. The lowest BCUT2D eigenvalue weighted by Gasteiger charge is -2.23. The summed E-state index contributed by atoms with van der Waals surface area (Å²) >= 11 is 0. The van der Waals surface area contributed by atoms with Gasteiger partial charge in [-0.2, -0.15) is 0 Å². The van der Waals surface area contributed by atoms with Gasteiger partial charge in [0.05, 0.1) is 6.42 Å². The molecule has 32 heavy (non-hydrogen) atoms. The Kier molecular flexibility index (Phi) is 6.82. The molecule has 1 aromatic heterocycles. The number of amides is 2. The van der Waals surface area contributed by atoms with Gasteiger partial charge in [-0.15, -0.1) is 0 Å². The summed E-state index contributed by atoms with van der Waals surface area (Å²) in [4.78, 5) is 36.4. The topological polar surface area (TPSA) is 75.2 Å². The summed E-state index contributed by atoms with van der Waals surface area (Å²) in [6, 6.07) is 6.08. The number of likely N-dealkylation sites (tertiary alicyclic amines) is 1. The zero-order valence-electron chi connectivity index (χ0n) is 18.9. The van der Waals surface area contributed by atoms with Crippen molar-refractivity contribution in [3.63, 3.8) is 0 Å². The molecule has 2 amide bonds. The van der Waals surface area contributed by atoms with E-state index >= 15 is 0 Å². The number of nitrogens with one attached hydrogen (secondary N) is 1. The van der Waals surface area contributed by atoms with Crippen molar-refractivity contribution < 1.29 is 14.0 Å². The molecule has 170 valence electrons. The molecule has 1 saturated carbocycles. The number of rotatable bonds is 5. The fourth-order valence-electron chi connectivity index (χ4n) is 4.85. The number of hydrogen-bond acceptors (Lipinski definition) is 4. The number of aromatic nitrogens is 2. The Labute approximate surface area is 188 Å². The summed E-state index contributed by atoms with van der Waals surface area (Å²) in [5.41, 5.74) is 2.88. The molecule has 1 atom stereocenters. The lowest BCUT2D eigenvalue weighted by atomic mass is 9.95. The first kappa shape index (κ1) is 22.4. The van der Waals surface area contributed by atoms with Crippen LogP contribution in [0.3, 0.4) is 0 Å². The van der Waals surface area contributed by atoms with E-state index in [0.717, 1.165) is 36.2 Å². The van der Waals surface area contributed by atoms with E-state index in [1.807, 2.05) is 13.8 Å². The predicted molar refractivity (Wildman–Crippen MR) is 120 cm³/mol. The minimum absolute atomic E-state index is 0.0344. The van der Waals surface area contributed by atoms with Gasteiger partial charge in [0.15, 0.2) is 0 Å². The minimum Gasteiger partial charge on any atom is -0.353 e. The first-order valence-corrected chi connectivity index (χ1v) is 11.6. The van der Waals surface area contributed by atoms with Gasteiger partial charge in [0, 0.05) is 47.6 Å². The second-order valence-corrected chi connectivity index (χ2v) is 9.06. The third-order valence-corrected chi connectivity index (χ3v) is 6.66. The number of aryl methyl sites for hydroxylation is 2. The maximum atomic E-state index is 13.5. The zero-order valence-corrected chi connectivity index (χ0v) is 18.9. The Morgan fingerprint density at radius 1 is 1.09 bits per heavy atom. The number of nitrogens with zero attached hydrogens (tertiary/aromatic N) is 3. The van der Waals surface area contributed by atoms with Gasteiger partial charge in [0.2, 0.25) is 5.91 Å². The lowest BCUT2D eigenvalue weighted by molar-refractivity contribution is -0.121. The van der Waals surface area contributed by atoms with Crippen molar-refractivity contribution >= 4 is 11.8 Å². The highest BCUT2D eigenvalue weighted by Crippen LogP contribution is 2.27. The van der Waals surface area contributed by atoms with Crippen molar-refractivity contribution in [1.82, 2.24) is 20.2 Å². The van der Waals surface area contributed by atoms with Crippen molar-refractivity contribution in [2.45, 2.75) is 70.8 Å². The van der Waals surface area contributed by atoms with E-state index in [1.54, 1.807) is 17.0 Å². The quantitative estimate of drug-likeness (QED) is 0.769. The van der Waals surface area contributed by atoms with Crippen LogP contribution in [0.2, 0.25) is 0 Å². The van der Waals surface area contributed by atoms with Crippen LogP contribution in [-0.2, 0) is 11.2 Å². The lowest BCUT2D eigenvalue weighted by Crippen LogP contribution is -2.37. The summed E-state index contributed by atoms with van der Waals surface area (Å²) in [6.07, 6.45) is 6.80. The van der Waals surface area contributed by atoms with Gasteiger partial charge in [0.25, 0.3) is 5.91 Å². The molecule has 1 unspecified atom stereocenters. The van der Waals surface area contributed by atoms with Crippen LogP contribution in [0.25, 0.3) is 0 Å². The Hall–Kier alpha value is -2.83. The van der Waals surface area contributed by atoms with Crippen LogP contribution >= 0.6 is 0 Å². The van der Waals surface area contributed by atoms with Crippen molar-refractivity contribution in [3.8, 4) is 0 Å². The molecule has 4 rings (SSSR count). The van der Waals surface area contributed by atoms with Crippen LogP contribution < -0.4 is 5.32 Å². The Morgan fingerprint density at radius 3 is 2.50 bits per heavy atom. The Balaban J connectivity index is 1.40. The number of benzene rings is 1. The van der Waals surface area contributed by atoms with Crippen LogP contribution in [0.1, 0.15) is 77.6 Å². The summed E-state index contributed by atoms with van der Waals surface area (Å²) in [7, 11) is 0. The van der Waals surface area contributed by atoms with Gasteiger partial charge >= 0.3 is 0 Å². The third-order valence-electron chi connectivity index (χ3n) is 6.66. The maximum Gasteiger partial charge on any atom is 0.253 e. The first-order valence-electron chi connectivity index (χ1n) is 11.6. The number of halogens is 1. The molecular weight excluding hydrogens is 407 g/mol.